The predicted molar refractivity (Wildman–Crippen MR) is 92.2 cm³/mol. The van der Waals surface area contributed by atoms with E-state index in [0.717, 1.165) is 22.6 Å². The van der Waals surface area contributed by atoms with Gasteiger partial charge >= 0.3 is 0 Å². The predicted octanol–water partition coefficient (Wildman–Crippen LogP) is 4.97. The Morgan fingerprint density at radius 3 is 2.67 bits per heavy atom. The van der Waals surface area contributed by atoms with Gasteiger partial charge in [-0.25, -0.2) is 4.39 Å². The number of anilines is 1. The van der Waals surface area contributed by atoms with Crippen LogP contribution < -0.4 is 5.32 Å². The lowest BCUT2D eigenvalue weighted by Gasteiger charge is -2.08. The molecule has 0 bridgehead atoms. The first-order valence-corrected chi connectivity index (χ1v) is 7.82. The molecule has 1 heterocycles. The maximum atomic E-state index is 13.2. The third kappa shape index (κ3) is 3.90. The van der Waals surface area contributed by atoms with Crippen molar-refractivity contribution in [3.05, 3.63) is 77.8 Å². The Morgan fingerprint density at radius 2 is 1.88 bits per heavy atom. The molecule has 0 saturated carbocycles. The number of hydrogen-bond acceptors (Lipinski definition) is 2. The summed E-state index contributed by atoms with van der Waals surface area (Å²) in [4.78, 5) is 12.1. The quantitative estimate of drug-likeness (QED) is 0.720. The second-order valence-electron chi connectivity index (χ2n) is 5.64. The summed E-state index contributed by atoms with van der Waals surface area (Å²) in [7, 11) is 0. The molecule has 3 rings (SSSR count). The Morgan fingerprint density at radius 1 is 1.08 bits per heavy atom. The van der Waals surface area contributed by atoms with E-state index in [1.165, 1.54) is 12.1 Å². The Hall–Kier alpha value is -2.88. The number of furan rings is 1. The van der Waals surface area contributed by atoms with Gasteiger partial charge in [0.25, 0.3) is 0 Å². The maximum Gasteiger partial charge on any atom is 0.224 e. The average molecular weight is 323 g/mol. The first-order chi connectivity index (χ1) is 11.6. The first-order valence-electron chi connectivity index (χ1n) is 7.82. The molecular formula is C20H18FNO2. The van der Waals surface area contributed by atoms with Crippen LogP contribution in [-0.2, 0) is 11.2 Å². The average Bonchev–Trinajstić information content (AvgIpc) is 3.06. The van der Waals surface area contributed by atoms with Crippen LogP contribution in [-0.4, -0.2) is 5.91 Å². The summed E-state index contributed by atoms with van der Waals surface area (Å²) in [5.41, 5.74) is 2.34. The molecule has 24 heavy (non-hydrogen) atoms. The molecule has 3 aromatic rings. The third-order valence-corrected chi connectivity index (χ3v) is 3.79. The summed E-state index contributed by atoms with van der Waals surface area (Å²) < 4.78 is 19.0. The van der Waals surface area contributed by atoms with E-state index in [1.54, 1.807) is 6.07 Å². The first kappa shape index (κ1) is 16.0. The molecule has 0 aliphatic carbocycles. The van der Waals surface area contributed by atoms with Gasteiger partial charge in [-0.05, 0) is 36.8 Å². The smallest absolute Gasteiger partial charge is 0.224 e. The summed E-state index contributed by atoms with van der Waals surface area (Å²) in [6.07, 6.45) is 0.769. The highest BCUT2D eigenvalue weighted by Gasteiger charge is 2.09. The van der Waals surface area contributed by atoms with Crippen molar-refractivity contribution in [2.24, 2.45) is 0 Å². The molecule has 2 aromatic carbocycles. The monoisotopic (exact) mass is 323 g/mol. The Labute approximate surface area is 140 Å². The van der Waals surface area contributed by atoms with Gasteiger partial charge in [-0.1, -0.05) is 36.4 Å². The number of hydrogen-bond donors (Lipinski definition) is 1. The van der Waals surface area contributed by atoms with Gasteiger partial charge in [0, 0.05) is 24.1 Å². The van der Waals surface area contributed by atoms with Gasteiger partial charge in [-0.3, -0.25) is 4.79 Å². The van der Waals surface area contributed by atoms with Crippen molar-refractivity contribution in [3.63, 3.8) is 0 Å². The van der Waals surface area contributed by atoms with Crippen molar-refractivity contribution < 1.29 is 13.6 Å². The SMILES string of the molecule is Cc1ccc(F)cc1NC(=O)CCc1ccc(-c2ccccc2)o1. The largest absolute Gasteiger partial charge is 0.461 e. The van der Waals surface area contributed by atoms with Crippen LogP contribution in [0.25, 0.3) is 11.3 Å². The summed E-state index contributed by atoms with van der Waals surface area (Å²) in [6.45, 7) is 1.83. The van der Waals surface area contributed by atoms with E-state index in [-0.39, 0.29) is 18.1 Å². The lowest BCUT2D eigenvalue weighted by Crippen LogP contribution is -2.13. The Bertz CT molecular complexity index is 840. The highest BCUT2D eigenvalue weighted by atomic mass is 19.1. The van der Waals surface area contributed by atoms with Gasteiger partial charge in [0.1, 0.15) is 17.3 Å². The molecule has 0 fully saturated rings. The van der Waals surface area contributed by atoms with Gasteiger partial charge in [0.05, 0.1) is 0 Å². The van der Waals surface area contributed by atoms with Crippen molar-refractivity contribution in [1.29, 1.82) is 0 Å². The van der Waals surface area contributed by atoms with E-state index in [1.807, 2.05) is 49.4 Å². The molecule has 1 N–H and O–H groups in total. The number of halogens is 1. The lowest BCUT2D eigenvalue weighted by atomic mass is 10.2. The fraction of sp³-hybridized carbons (Fsp3) is 0.150. The molecule has 1 aromatic heterocycles. The van der Waals surface area contributed by atoms with E-state index < -0.39 is 0 Å². The van der Waals surface area contributed by atoms with Crippen molar-refractivity contribution in [3.8, 4) is 11.3 Å². The Kier molecular flexibility index (Phi) is 4.75. The van der Waals surface area contributed by atoms with Crippen molar-refractivity contribution in [2.75, 3.05) is 5.32 Å². The number of nitrogens with one attached hydrogen (secondary N) is 1. The summed E-state index contributed by atoms with van der Waals surface area (Å²) in [5.74, 6) is 1.00. The normalized spacial score (nSPS) is 10.6. The van der Waals surface area contributed by atoms with Crippen LogP contribution >= 0.6 is 0 Å². The summed E-state index contributed by atoms with van der Waals surface area (Å²) in [5, 5.41) is 2.74. The van der Waals surface area contributed by atoms with Crippen molar-refractivity contribution in [2.45, 2.75) is 19.8 Å². The standard InChI is InChI=1S/C20H18FNO2/c1-14-7-8-16(21)13-18(14)22-20(23)12-10-17-9-11-19(24-17)15-5-3-2-4-6-15/h2-9,11,13H,10,12H2,1H3,(H,22,23). The number of aryl methyl sites for hydroxylation is 2. The topological polar surface area (TPSA) is 42.2 Å². The molecule has 122 valence electrons. The minimum absolute atomic E-state index is 0.165. The molecule has 0 aliphatic heterocycles. The van der Waals surface area contributed by atoms with Gasteiger partial charge in [0.2, 0.25) is 5.91 Å². The van der Waals surface area contributed by atoms with Crippen molar-refractivity contribution >= 4 is 11.6 Å². The van der Waals surface area contributed by atoms with Gasteiger partial charge < -0.3 is 9.73 Å². The Balaban J connectivity index is 1.59. The van der Waals surface area contributed by atoms with Crippen LogP contribution in [0, 0.1) is 12.7 Å². The van der Waals surface area contributed by atoms with E-state index in [9.17, 15) is 9.18 Å². The molecule has 0 unspecified atom stereocenters. The van der Waals surface area contributed by atoms with Crippen LogP contribution in [0.5, 0.6) is 0 Å². The molecule has 0 saturated heterocycles. The molecule has 0 spiro atoms. The fourth-order valence-corrected chi connectivity index (χ4v) is 2.45. The van der Waals surface area contributed by atoms with Crippen LogP contribution in [0.4, 0.5) is 10.1 Å². The van der Waals surface area contributed by atoms with Crippen LogP contribution in [0.2, 0.25) is 0 Å². The second-order valence-corrected chi connectivity index (χ2v) is 5.64. The van der Waals surface area contributed by atoms with Crippen molar-refractivity contribution in [1.82, 2.24) is 0 Å². The zero-order valence-electron chi connectivity index (χ0n) is 13.4. The maximum absolute atomic E-state index is 13.2. The third-order valence-electron chi connectivity index (χ3n) is 3.79. The highest BCUT2D eigenvalue weighted by Crippen LogP contribution is 2.22. The molecule has 1 amide bonds. The highest BCUT2D eigenvalue weighted by molar-refractivity contribution is 5.91. The number of amides is 1. The molecule has 0 radical (unpaired) electrons. The molecular weight excluding hydrogens is 305 g/mol. The number of carbonyl (C=O) groups is 1. The van der Waals surface area contributed by atoms with Gasteiger partial charge in [0.15, 0.2) is 0 Å². The van der Waals surface area contributed by atoms with Gasteiger partial charge in [-0.15, -0.1) is 0 Å². The van der Waals surface area contributed by atoms with Gasteiger partial charge in [-0.2, -0.15) is 0 Å². The van der Waals surface area contributed by atoms with E-state index >= 15 is 0 Å². The second kappa shape index (κ2) is 7.13. The van der Waals surface area contributed by atoms with Crippen LogP contribution in [0.3, 0.4) is 0 Å². The summed E-state index contributed by atoms with van der Waals surface area (Å²) >= 11 is 0. The zero-order chi connectivity index (χ0) is 16.9. The summed E-state index contributed by atoms with van der Waals surface area (Å²) in [6, 6.07) is 17.9. The van der Waals surface area contributed by atoms with Crippen LogP contribution in [0.15, 0.2) is 65.1 Å². The van der Waals surface area contributed by atoms with Crippen LogP contribution in [0.1, 0.15) is 17.7 Å². The number of rotatable bonds is 5. The number of benzene rings is 2. The minimum Gasteiger partial charge on any atom is -0.461 e. The molecule has 0 atom stereocenters. The minimum atomic E-state index is -0.366. The fourth-order valence-electron chi connectivity index (χ4n) is 2.45. The van der Waals surface area contributed by atoms with E-state index in [0.29, 0.717) is 12.1 Å². The van der Waals surface area contributed by atoms with E-state index in [2.05, 4.69) is 5.32 Å². The molecule has 0 aliphatic rings. The van der Waals surface area contributed by atoms with E-state index in [4.69, 9.17) is 4.42 Å². The molecule has 4 heteroatoms. The molecule has 3 nitrogen and oxygen atoms in total. The number of carbonyl (C=O) groups excluding carboxylic acids is 1. The lowest BCUT2D eigenvalue weighted by molar-refractivity contribution is -0.116. The zero-order valence-corrected chi connectivity index (χ0v) is 13.4.